The fourth-order valence-corrected chi connectivity index (χ4v) is 3.51. The third kappa shape index (κ3) is 6.15. The summed E-state index contributed by atoms with van der Waals surface area (Å²) in [7, 11) is 0. The molecular formula is C22H24N4O2S. The van der Waals surface area contributed by atoms with Gasteiger partial charge in [0.25, 0.3) is 0 Å². The van der Waals surface area contributed by atoms with Crippen LogP contribution in [0.3, 0.4) is 0 Å². The van der Waals surface area contributed by atoms with Gasteiger partial charge in [0.05, 0.1) is 5.69 Å². The Balaban J connectivity index is 1.42. The standard InChI is InChI=1S/C22H24N4O2S/c1-15-8-9-16(2)18(12-15)19-14-29-22(25-19)26-20(27)10-11-23-21(28)24-13-17-6-4-3-5-7-17/h3-9,12,14H,10-11,13H2,1-2H3,(H2,23,24,28)(H,25,26,27). The van der Waals surface area contributed by atoms with Crippen LogP contribution in [-0.4, -0.2) is 23.5 Å². The predicted molar refractivity (Wildman–Crippen MR) is 117 cm³/mol. The van der Waals surface area contributed by atoms with Crippen molar-refractivity contribution >= 4 is 28.4 Å². The van der Waals surface area contributed by atoms with Crippen LogP contribution in [0.2, 0.25) is 0 Å². The highest BCUT2D eigenvalue weighted by molar-refractivity contribution is 7.14. The normalized spacial score (nSPS) is 10.4. The van der Waals surface area contributed by atoms with Crippen molar-refractivity contribution in [1.29, 1.82) is 0 Å². The molecule has 0 spiro atoms. The average molecular weight is 409 g/mol. The second-order valence-electron chi connectivity index (χ2n) is 6.75. The first-order chi connectivity index (χ1) is 14.0. The molecule has 6 nitrogen and oxygen atoms in total. The Hall–Kier alpha value is -3.19. The van der Waals surface area contributed by atoms with Gasteiger partial charge in [0, 0.05) is 30.5 Å². The lowest BCUT2D eigenvalue weighted by molar-refractivity contribution is -0.116. The molecule has 3 amide bonds. The fraction of sp³-hybridized carbons (Fsp3) is 0.227. The zero-order valence-electron chi connectivity index (χ0n) is 16.5. The molecule has 3 N–H and O–H groups in total. The number of nitrogens with one attached hydrogen (secondary N) is 3. The van der Waals surface area contributed by atoms with Gasteiger partial charge in [0.1, 0.15) is 0 Å². The maximum absolute atomic E-state index is 12.1. The predicted octanol–water partition coefficient (Wildman–Crippen LogP) is 4.25. The molecule has 29 heavy (non-hydrogen) atoms. The molecular weight excluding hydrogens is 384 g/mol. The van der Waals surface area contributed by atoms with Gasteiger partial charge in [-0.2, -0.15) is 0 Å². The second kappa shape index (κ2) is 9.84. The molecule has 0 saturated heterocycles. The van der Waals surface area contributed by atoms with Crippen molar-refractivity contribution < 1.29 is 9.59 Å². The van der Waals surface area contributed by atoms with E-state index >= 15 is 0 Å². The number of aromatic nitrogens is 1. The third-order valence-electron chi connectivity index (χ3n) is 4.35. The summed E-state index contributed by atoms with van der Waals surface area (Å²) >= 11 is 1.39. The van der Waals surface area contributed by atoms with Gasteiger partial charge < -0.3 is 16.0 Å². The Labute approximate surface area is 174 Å². The number of carbonyl (C=O) groups excluding carboxylic acids is 2. The van der Waals surface area contributed by atoms with Crippen molar-refractivity contribution in [2.75, 3.05) is 11.9 Å². The number of rotatable bonds is 7. The first-order valence-corrected chi connectivity index (χ1v) is 10.3. The van der Waals surface area contributed by atoms with E-state index in [0.717, 1.165) is 22.4 Å². The van der Waals surface area contributed by atoms with Gasteiger partial charge >= 0.3 is 6.03 Å². The molecule has 0 saturated carbocycles. The maximum atomic E-state index is 12.1. The molecule has 1 heterocycles. The summed E-state index contributed by atoms with van der Waals surface area (Å²) in [4.78, 5) is 28.5. The van der Waals surface area contributed by atoms with Gasteiger partial charge in [-0.25, -0.2) is 9.78 Å². The molecule has 1 aromatic heterocycles. The number of amides is 3. The number of benzene rings is 2. The Bertz CT molecular complexity index is 985. The monoisotopic (exact) mass is 408 g/mol. The topological polar surface area (TPSA) is 83.1 Å². The SMILES string of the molecule is Cc1ccc(C)c(-c2csc(NC(=O)CCNC(=O)NCc3ccccc3)n2)c1. The van der Waals surface area contributed by atoms with Crippen LogP contribution in [0.1, 0.15) is 23.1 Å². The van der Waals surface area contributed by atoms with E-state index in [1.807, 2.05) is 49.6 Å². The number of hydrogen-bond donors (Lipinski definition) is 3. The number of carbonyl (C=O) groups is 2. The quantitative estimate of drug-likeness (QED) is 0.546. The minimum Gasteiger partial charge on any atom is -0.338 e. The highest BCUT2D eigenvalue weighted by Crippen LogP contribution is 2.28. The summed E-state index contributed by atoms with van der Waals surface area (Å²) in [6.07, 6.45) is 0.178. The van der Waals surface area contributed by atoms with Crippen LogP contribution in [0.4, 0.5) is 9.93 Å². The van der Waals surface area contributed by atoms with E-state index in [1.54, 1.807) is 0 Å². The zero-order chi connectivity index (χ0) is 20.6. The molecule has 0 bridgehead atoms. The zero-order valence-corrected chi connectivity index (χ0v) is 17.3. The Morgan fingerprint density at radius 2 is 1.83 bits per heavy atom. The summed E-state index contributed by atoms with van der Waals surface area (Å²) in [5.74, 6) is -0.185. The summed E-state index contributed by atoms with van der Waals surface area (Å²) in [6, 6.07) is 15.6. The number of urea groups is 1. The number of aryl methyl sites for hydroxylation is 2. The molecule has 0 aliphatic heterocycles. The van der Waals surface area contributed by atoms with Crippen LogP contribution in [0.15, 0.2) is 53.9 Å². The van der Waals surface area contributed by atoms with Crippen LogP contribution in [0.25, 0.3) is 11.3 Å². The molecule has 0 unspecified atom stereocenters. The van der Waals surface area contributed by atoms with Crippen molar-refractivity contribution in [1.82, 2.24) is 15.6 Å². The first kappa shape index (κ1) is 20.5. The van der Waals surface area contributed by atoms with E-state index in [9.17, 15) is 9.59 Å². The molecule has 0 fully saturated rings. The summed E-state index contributed by atoms with van der Waals surface area (Å²) < 4.78 is 0. The van der Waals surface area contributed by atoms with Crippen molar-refractivity contribution in [3.8, 4) is 11.3 Å². The lowest BCUT2D eigenvalue weighted by atomic mass is 10.0. The van der Waals surface area contributed by atoms with E-state index in [0.29, 0.717) is 11.7 Å². The Morgan fingerprint density at radius 1 is 1.03 bits per heavy atom. The van der Waals surface area contributed by atoms with E-state index in [1.165, 1.54) is 16.9 Å². The average Bonchev–Trinajstić information content (AvgIpc) is 3.17. The molecule has 3 rings (SSSR count). The van der Waals surface area contributed by atoms with E-state index in [2.05, 4.69) is 39.1 Å². The summed E-state index contributed by atoms with van der Waals surface area (Å²) in [5, 5.41) is 10.7. The number of nitrogens with zero attached hydrogens (tertiary/aromatic N) is 1. The molecule has 2 aromatic carbocycles. The van der Waals surface area contributed by atoms with Gasteiger partial charge in [0.15, 0.2) is 5.13 Å². The van der Waals surface area contributed by atoms with Gasteiger partial charge in [-0.05, 0) is 31.0 Å². The van der Waals surface area contributed by atoms with Crippen LogP contribution in [0.5, 0.6) is 0 Å². The minimum atomic E-state index is -0.298. The van der Waals surface area contributed by atoms with Crippen LogP contribution in [-0.2, 0) is 11.3 Å². The van der Waals surface area contributed by atoms with Crippen LogP contribution in [0, 0.1) is 13.8 Å². The molecule has 0 radical (unpaired) electrons. The van der Waals surface area contributed by atoms with Crippen molar-refractivity contribution in [2.45, 2.75) is 26.8 Å². The Morgan fingerprint density at radius 3 is 2.62 bits per heavy atom. The smallest absolute Gasteiger partial charge is 0.315 e. The molecule has 7 heteroatoms. The highest BCUT2D eigenvalue weighted by Gasteiger charge is 2.10. The van der Waals surface area contributed by atoms with Crippen molar-refractivity contribution in [3.05, 3.63) is 70.6 Å². The molecule has 0 aliphatic carbocycles. The van der Waals surface area contributed by atoms with Crippen molar-refractivity contribution in [3.63, 3.8) is 0 Å². The molecule has 0 aliphatic rings. The number of thiazole rings is 1. The van der Waals surface area contributed by atoms with Gasteiger partial charge in [0.2, 0.25) is 5.91 Å². The lowest BCUT2D eigenvalue weighted by Crippen LogP contribution is -2.36. The minimum absolute atomic E-state index is 0.178. The van der Waals surface area contributed by atoms with E-state index < -0.39 is 0 Å². The summed E-state index contributed by atoms with van der Waals surface area (Å²) in [6.45, 7) is 4.78. The van der Waals surface area contributed by atoms with Gasteiger partial charge in [-0.3, -0.25) is 4.79 Å². The highest BCUT2D eigenvalue weighted by atomic mass is 32.1. The van der Waals surface area contributed by atoms with E-state index in [4.69, 9.17) is 0 Å². The van der Waals surface area contributed by atoms with Gasteiger partial charge in [-0.1, -0.05) is 48.0 Å². The molecule has 0 atom stereocenters. The largest absolute Gasteiger partial charge is 0.338 e. The summed E-state index contributed by atoms with van der Waals surface area (Å²) in [5.41, 5.74) is 5.25. The van der Waals surface area contributed by atoms with Crippen LogP contribution >= 0.6 is 11.3 Å². The fourth-order valence-electron chi connectivity index (χ4n) is 2.78. The van der Waals surface area contributed by atoms with Crippen molar-refractivity contribution in [2.24, 2.45) is 0 Å². The first-order valence-electron chi connectivity index (χ1n) is 9.40. The second-order valence-corrected chi connectivity index (χ2v) is 7.61. The lowest BCUT2D eigenvalue weighted by Gasteiger charge is -2.07. The van der Waals surface area contributed by atoms with E-state index in [-0.39, 0.29) is 24.9 Å². The number of hydrogen-bond acceptors (Lipinski definition) is 4. The molecule has 3 aromatic rings. The number of anilines is 1. The van der Waals surface area contributed by atoms with Gasteiger partial charge in [-0.15, -0.1) is 11.3 Å². The van der Waals surface area contributed by atoms with Crippen LogP contribution < -0.4 is 16.0 Å². The Kier molecular flexibility index (Phi) is 6.97. The third-order valence-corrected chi connectivity index (χ3v) is 5.11. The molecule has 150 valence electrons. The maximum Gasteiger partial charge on any atom is 0.315 e.